The van der Waals surface area contributed by atoms with Gasteiger partial charge in [-0.15, -0.1) is 0 Å². The quantitative estimate of drug-likeness (QED) is 0.345. The molecule has 1 amide bonds. The highest BCUT2D eigenvalue weighted by atomic mass is 16.6. The molecule has 144 valence electrons. The van der Waals surface area contributed by atoms with Gasteiger partial charge in [-0.3, -0.25) is 14.9 Å². The number of para-hydroxylation sites is 2. The van der Waals surface area contributed by atoms with Crippen molar-refractivity contribution in [2.24, 2.45) is 0 Å². The molecule has 0 bridgehead atoms. The smallest absolute Gasteiger partial charge is 0.292 e. The van der Waals surface area contributed by atoms with E-state index in [1.807, 2.05) is 24.3 Å². The number of ether oxygens (including phenoxy) is 1. The van der Waals surface area contributed by atoms with E-state index in [-0.39, 0.29) is 17.1 Å². The van der Waals surface area contributed by atoms with Crippen LogP contribution in [0.2, 0.25) is 0 Å². The second kappa shape index (κ2) is 8.81. The van der Waals surface area contributed by atoms with E-state index in [2.05, 4.69) is 17.4 Å². The molecule has 8 heteroatoms. The second-order valence-corrected chi connectivity index (χ2v) is 6.03. The van der Waals surface area contributed by atoms with Gasteiger partial charge in [0.15, 0.2) is 11.5 Å². The summed E-state index contributed by atoms with van der Waals surface area (Å²) in [4.78, 5) is 22.8. The topological polar surface area (TPSA) is 108 Å². The van der Waals surface area contributed by atoms with E-state index >= 15 is 0 Å². The van der Waals surface area contributed by atoms with Crippen LogP contribution in [0, 0.1) is 10.1 Å². The number of nitrogens with one attached hydrogen (secondary N) is 1. The maximum absolute atomic E-state index is 12.4. The molecule has 2 aromatic carbocycles. The SMILES string of the molecule is CCCCOc1ccc(-c2cc(C(=O)Nc3ccccc3[N+](=O)[O-])no2)cc1. The zero-order valence-corrected chi connectivity index (χ0v) is 15.3. The van der Waals surface area contributed by atoms with Crippen LogP contribution in [0.15, 0.2) is 59.1 Å². The molecular weight excluding hydrogens is 362 g/mol. The number of benzene rings is 2. The first kappa shape index (κ1) is 19.1. The summed E-state index contributed by atoms with van der Waals surface area (Å²) < 4.78 is 10.9. The van der Waals surface area contributed by atoms with Gasteiger partial charge in [0.25, 0.3) is 11.6 Å². The molecule has 0 unspecified atom stereocenters. The molecular formula is C20H19N3O5. The molecule has 0 spiro atoms. The van der Waals surface area contributed by atoms with E-state index in [9.17, 15) is 14.9 Å². The van der Waals surface area contributed by atoms with Crippen LogP contribution >= 0.6 is 0 Å². The van der Waals surface area contributed by atoms with Crippen molar-refractivity contribution < 1.29 is 19.0 Å². The van der Waals surface area contributed by atoms with Crippen LogP contribution in [-0.4, -0.2) is 22.6 Å². The molecule has 0 atom stereocenters. The summed E-state index contributed by atoms with van der Waals surface area (Å²) >= 11 is 0. The van der Waals surface area contributed by atoms with Gasteiger partial charge in [0.1, 0.15) is 11.4 Å². The van der Waals surface area contributed by atoms with E-state index in [0.717, 1.165) is 24.2 Å². The Morgan fingerprint density at radius 2 is 1.96 bits per heavy atom. The predicted molar refractivity (Wildman–Crippen MR) is 103 cm³/mol. The monoisotopic (exact) mass is 381 g/mol. The van der Waals surface area contributed by atoms with Gasteiger partial charge in [0.2, 0.25) is 0 Å². The predicted octanol–water partition coefficient (Wildman–Crippen LogP) is 4.68. The number of aromatic nitrogens is 1. The average Bonchev–Trinajstić information content (AvgIpc) is 3.19. The van der Waals surface area contributed by atoms with Crippen LogP contribution in [0.4, 0.5) is 11.4 Å². The summed E-state index contributed by atoms with van der Waals surface area (Å²) in [6.07, 6.45) is 2.05. The Hall–Kier alpha value is -3.68. The summed E-state index contributed by atoms with van der Waals surface area (Å²) in [5.74, 6) is 0.572. The van der Waals surface area contributed by atoms with Gasteiger partial charge >= 0.3 is 0 Å². The largest absolute Gasteiger partial charge is 0.494 e. The molecule has 28 heavy (non-hydrogen) atoms. The van der Waals surface area contributed by atoms with E-state index < -0.39 is 10.8 Å². The molecule has 0 aliphatic carbocycles. The number of unbranched alkanes of at least 4 members (excludes halogenated alkanes) is 1. The molecule has 0 aliphatic heterocycles. The first-order valence-electron chi connectivity index (χ1n) is 8.83. The number of nitrogens with zero attached hydrogens (tertiary/aromatic N) is 2. The zero-order valence-electron chi connectivity index (χ0n) is 15.3. The summed E-state index contributed by atoms with van der Waals surface area (Å²) in [7, 11) is 0. The van der Waals surface area contributed by atoms with Crippen molar-refractivity contribution in [3.05, 3.63) is 70.4 Å². The summed E-state index contributed by atoms with van der Waals surface area (Å²) in [5.41, 5.74) is 0.658. The Morgan fingerprint density at radius 3 is 2.68 bits per heavy atom. The lowest BCUT2D eigenvalue weighted by Gasteiger charge is -2.05. The number of amides is 1. The zero-order chi connectivity index (χ0) is 19.9. The van der Waals surface area contributed by atoms with E-state index in [4.69, 9.17) is 9.26 Å². The number of hydrogen-bond donors (Lipinski definition) is 1. The molecule has 0 radical (unpaired) electrons. The van der Waals surface area contributed by atoms with Crippen molar-refractivity contribution in [2.45, 2.75) is 19.8 Å². The summed E-state index contributed by atoms with van der Waals surface area (Å²) in [5, 5.41) is 17.3. The minimum atomic E-state index is -0.594. The number of rotatable bonds is 8. The van der Waals surface area contributed by atoms with E-state index in [0.29, 0.717) is 12.4 Å². The molecule has 0 saturated carbocycles. The molecule has 0 aliphatic rings. The van der Waals surface area contributed by atoms with Crippen LogP contribution in [0.1, 0.15) is 30.3 Å². The van der Waals surface area contributed by atoms with Gasteiger partial charge in [-0.1, -0.05) is 30.6 Å². The number of hydrogen-bond acceptors (Lipinski definition) is 6. The lowest BCUT2D eigenvalue weighted by atomic mass is 10.1. The van der Waals surface area contributed by atoms with Crippen LogP contribution in [0.5, 0.6) is 5.75 Å². The van der Waals surface area contributed by atoms with Crippen molar-refractivity contribution in [1.82, 2.24) is 5.16 Å². The number of carbonyl (C=O) groups excluding carboxylic acids is 1. The molecule has 1 N–H and O–H groups in total. The van der Waals surface area contributed by atoms with Gasteiger partial charge in [-0.25, -0.2) is 0 Å². The van der Waals surface area contributed by atoms with Crippen LogP contribution in [0.3, 0.4) is 0 Å². The Bertz CT molecular complexity index is 966. The first-order valence-corrected chi connectivity index (χ1v) is 8.83. The van der Waals surface area contributed by atoms with Crippen molar-refractivity contribution in [3.8, 4) is 17.1 Å². The standard InChI is InChI=1S/C20H19N3O5/c1-2-3-12-27-15-10-8-14(9-11-15)19-13-17(22-28-19)20(24)21-16-6-4-5-7-18(16)23(25)26/h4-11,13H,2-3,12H2,1H3,(H,21,24). The normalized spacial score (nSPS) is 10.5. The Kier molecular flexibility index (Phi) is 6.01. The van der Waals surface area contributed by atoms with Crippen molar-refractivity contribution in [2.75, 3.05) is 11.9 Å². The lowest BCUT2D eigenvalue weighted by Crippen LogP contribution is -2.13. The highest BCUT2D eigenvalue weighted by molar-refractivity contribution is 6.04. The van der Waals surface area contributed by atoms with Crippen LogP contribution in [0.25, 0.3) is 11.3 Å². The molecule has 3 rings (SSSR count). The third-order valence-electron chi connectivity index (χ3n) is 4.00. The third kappa shape index (κ3) is 4.53. The van der Waals surface area contributed by atoms with Crippen molar-refractivity contribution >= 4 is 17.3 Å². The fourth-order valence-electron chi connectivity index (χ4n) is 2.49. The summed E-state index contributed by atoms with van der Waals surface area (Å²) in [6, 6.07) is 14.6. The molecule has 0 saturated heterocycles. The highest BCUT2D eigenvalue weighted by Crippen LogP contribution is 2.26. The van der Waals surface area contributed by atoms with E-state index in [1.54, 1.807) is 6.07 Å². The first-order chi connectivity index (χ1) is 13.6. The average molecular weight is 381 g/mol. The lowest BCUT2D eigenvalue weighted by molar-refractivity contribution is -0.383. The van der Waals surface area contributed by atoms with Crippen molar-refractivity contribution in [3.63, 3.8) is 0 Å². The number of nitro groups is 1. The number of anilines is 1. The molecule has 1 heterocycles. The molecule has 8 nitrogen and oxygen atoms in total. The molecule has 0 fully saturated rings. The van der Waals surface area contributed by atoms with Gasteiger partial charge in [-0.2, -0.15) is 0 Å². The van der Waals surface area contributed by atoms with Crippen LogP contribution < -0.4 is 10.1 Å². The van der Waals surface area contributed by atoms with Gasteiger partial charge < -0.3 is 14.6 Å². The highest BCUT2D eigenvalue weighted by Gasteiger charge is 2.18. The summed E-state index contributed by atoms with van der Waals surface area (Å²) in [6.45, 7) is 2.76. The maximum Gasteiger partial charge on any atom is 0.292 e. The fourth-order valence-corrected chi connectivity index (χ4v) is 2.49. The Balaban J connectivity index is 1.70. The van der Waals surface area contributed by atoms with E-state index in [1.165, 1.54) is 24.3 Å². The maximum atomic E-state index is 12.4. The minimum absolute atomic E-state index is 0.0245. The molecule has 3 aromatic rings. The fraction of sp³-hybridized carbons (Fsp3) is 0.200. The third-order valence-corrected chi connectivity index (χ3v) is 4.00. The number of carbonyl (C=O) groups is 1. The Labute approximate surface area is 161 Å². The van der Waals surface area contributed by atoms with Gasteiger partial charge in [-0.05, 0) is 36.8 Å². The van der Waals surface area contributed by atoms with Gasteiger partial charge in [0.05, 0.1) is 11.5 Å². The second-order valence-electron chi connectivity index (χ2n) is 6.03. The van der Waals surface area contributed by atoms with Crippen LogP contribution in [-0.2, 0) is 0 Å². The minimum Gasteiger partial charge on any atom is -0.494 e. The van der Waals surface area contributed by atoms with Crippen molar-refractivity contribution in [1.29, 1.82) is 0 Å². The molecule has 1 aromatic heterocycles. The Morgan fingerprint density at radius 1 is 1.21 bits per heavy atom. The van der Waals surface area contributed by atoms with Gasteiger partial charge in [0, 0.05) is 17.7 Å². The number of nitro benzene ring substituents is 1.